The molecular weight excluding hydrogens is 493 g/mol. The number of pyridine rings is 3. The second-order valence-electron chi connectivity index (χ2n) is 8.04. The fraction of sp³-hybridized carbons (Fsp3) is 0.125. The summed E-state index contributed by atoms with van der Waals surface area (Å²) in [6, 6.07) is 10.4. The van der Waals surface area contributed by atoms with E-state index in [0.717, 1.165) is 23.7 Å². The molecule has 182 valence electrons. The Morgan fingerprint density at radius 1 is 1.14 bits per heavy atom. The monoisotopic (exact) mass is 510 g/mol. The second kappa shape index (κ2) is 8.72. The van der Waals surface area contributed by atoms with E-state index in [1.807, 2.05) is 0 Å². The van der Waals surface area contributed by atoms with Gasteiger partial charge in [0.1, 0.15) is 17.0 Å². The SMILES string of the molecule is C[C@H](NC(=O)c1cnc2c(c1)c1nscc1c(=O)n2-c1ccc(C(F)(F)F)cc1)c1cccc(N)n1. The molecule has 8 nitrogen and oxygen atoms in total. The second-order valence-corrected chi connectivity index (χ2v) is 8.67. The minimum Gasteiger partial charge on any atom is -0.384 e. The Bertz CT molecular complexity index is 1680. The Morgan fingerprint density at radius 2 is 1.89 bits per heavy atom. The van der Waals surface area contributed by atoms with Crippen LogP contribution in [0.3, 0.4) is 0 Å². The summed E-state index contributed by atoms with van der Waals surface area (Å²) in [5, 5.41) is 5.07. The molecule has 0 aliphatic carbocycles. The molecule has 0 unspecified atom stereocenters. The number of hydrogen-bond acceptors (Lipinski definition) is 7. The highest BCUT2D eigenvalue weighted by atomic mass is 32.1. The van der Waals surface area contributed by atoms with Crippen molar-refractivity contribution in [3.63, 3.8) is 0 Å². The zero-order valence-corrected chi connectivity index (χ0v) is 19.4. The van der Waals surface area contributed by atoms with Crippen molar-refractivity contribution in [2.75, 3.05) is 5.73 Å². The van der Waals surface area contributed by atoms with Gasteiger partial charge in [-0.3, -0.25) is 14.2 Å². The molecule has 0 saturated heterocycles. The van der Waals surface area contributed by atoms with Crippen LogP contribution in [0.1, 0.15) is 34.6 Å². The van der Waals surface area contributed by atoms with Gasteiger partial charge in [0, 0.05) is 17.0 Å². The summed E-state index contributed by atoms with van der Waals surface area (Å²) < 4.78 is 44.6. The maximum atomic E-state index is 13.2. The average molecular weight is 511 g/mol. The molecule has 4 heterocycles. The molecule has 1 atom stereocenters. The maximum absolute atomic E-state index is 13.2. The maximum Gasteiger partial charge on any atom is 0.416 e. The number of aromatic nitrogens is 4. The molecule has 1 amide bonds. The minimum atomic E-state index is -4.51. The highest BCUT2D eigenvalue weighted by Crippen LogP contribution is 2.30. The molecule has 0 aliphatic rings. The first-order chi connectivity index (χ1) is 17.1. The summed E-state index contributed by atoms with van der Waals surface area (Å²) in [6.07, 6.45) is -3.21. The van der Waals surface area contributed by atoms with E-state index in [-0.39, 0.29) is 22.3 Å². The average Bonchev–Trinajstić information content (AvgIpc) is 3.34. The lowest BCUT2D eigenvalue weighted by Gasteiger charge is -2.15. The molecule has 0 fully saturated rings. The van der Waals surface area contributed by atoms with Crippen molar-refractivity contribution >= 4 is 45.2 Å². The number of hydrogen-bond donors (Lipinski definition) is 2. The molecule has 12 heteroatoms. The van der Waals surface area contributed by atoms with Gasteiger partial charge >= 0.3 is 6.18 Å². The van der Waals surface area contributed by atoms with E-state index in [1.54, 1.807) is 36.6 Å². The fourth-order valence-electron chi connectivity index (χ4n) is 3.84. The number of carbonyl (C=O) groups excluding carboxylic acids is 1. The van der Waals surface area contributed by atoms with Gasteiger partial charge in [-0.1, -0.05) is 6.07 Å². The number of fused-ring (bicyclic) bond motifs is 3. The Morgan fingerprint density at radius 3 is 2.58 bits per heavy atom. The van der Waals surface area contributed by atoms with Crippen LogP contribution in [-0.2, 0) is 6.18 Å². The van der Waals surface area contributed by atoms with Crippen LogP contribution in [0.4, 0.5) is 19.0 Å². The molecule has 5 rings (SSSR count). The third kappa shape index (κ3) is 4.15. The van der Waals surface area contributed by atoms with Gasteiger partial charge in [0.2, 0.25) is 0 Å². The predicted octanol–water partition coefficient (Wildman–Crippen LogP) is 4.48. The molecule has 5 aromatic rings. The van der Waals surface area contributed by atoms with Gasteiger partial charge in [-0.25, -0.2) is 9.97 Å². The van der Waals surface area contributed by atoms with Gasteiger partial charge in [-0.2, -0.15) is 17.5 Å². The van der Waals surface area contributed by atoms with Crippen molar-refractivity contribution in [3.05, 3.63) is 87.3 Å². The molecule has 0 radical (unpaired) electrons. The number of nitrogens with one attached hydrogen (secondary N) is 1. The van der Waals surface area contributed by atoms with Crippen LogP contribution in [-0.4, -0.2) is 24.8 Å². The Hall–Kier alpha value is -4.32. The van der Waals surface area contributed by atoms with Crippen LogP contribution >= 0.6 is 11.5 Å². The third-order valence-corrected chi connectivity index (χ3v) is 6.26. The van der Waals surface area contributed by atoms with E-state index in [9.17, 15) is 22.8 Å². The molecule has 0 aliphatic heterocycles. The lowest BCUT2D eigenvalue weighted by atomic mass is 10.1. The van der Waals surface area contributed by atoms with Crippen LogP contribution in [0.15, 0.2) is 64.9 Å². The summed E-state index contributed by atoms with van der Waals surface area (Å²) in [7, 11) is 0. The lowest BCUT2D eigenvalue weighted by molar-refractivity contribution is -0.137. The van der Waals surface area contributed by atoms with E-state index < -0.39 is 29.2 Å². The van der Waals surface area contributed by atoms with Crippen LogP contribution in [0.25, 0.3) is 27.6 Å². The summed E-state index contributed by atoms with van der Waals surface area (Å²) in [5.41, 5.74) is 5.93. The fourth-order valence-corrected chi connectivity index (χ4v) is 4.51. The number of alkyl halides is 3. The molecule has 0 saturated carbocycles. The number of benzene rings is 1. The topological polar surface area (TPSA) is 116 Å². The van der Waals surface area contributed by atoms with Gasteiger partial charge in [0.05, 0.1) is 33.9 Å². The van der Waals surface area contributed by atoms with Crippen molar-refractivity contribution in [2.24, 2.45) is 0 Å². The van der Waals surface area contributed by atoms with E-state index in [4.69, 9.17) is 5.73 Å². The first-order valence-corrected chi connectivity index (χ1v) is 11.5. The number of nitrogens with two attached hydrogens (primary N) is 1. The summed E-state index contributed by atoms with van der Waals surface area (Å²) in [5.74, 6) is -0.107. The smallest absolute Gasteiger partial charge is 0.384 e. The number of carbonyl (C=O) groups is 1. The standard InChI is InChI=1S/C24H17F3N6O2S/c1-12(18-3-2-4-19(28)31-18)30-22(34)13-9-16-20-17(11-36-32-20)23(35)33(21(16)29-10-13)15-7-5-14(6-8-15)24(25,26)27/h2-12H,1H3,(H2,28,31)(H,30,34)/t12-/m0/s1. The normalized spacial score (nSPS) is 12.7. The molecule has 4 aromatic heterocycles. The quantitative estimate of drug-likeness (QED) is 0.368. The Balaban J connectivity index is 1.59. The van der Waals surface area contributed by atoms with Crippen molar-refractivity contribution in [1.29, 1.82) is 0 Å². The van der Waals surface area contributed by atoms with Gasteiger partial charge in [0.15, 0.2) is 0 Å². The van der Waals surface area contributed by atoms with Gasteiger partial charge in [-0.05, 0) is 60.9 Å². The summed E-state index contributed by atoms with van der Waals surface area (Å²) >= 11 is 1.05. The van der Waals surface area contributed by atoms with Crippen LogP contribution < -0.4 is 16.6 Å². The summed E-state index contributed by atoms with van der Waals surface area (Å²) in [4.78, 5) is 34.7. The highest BCUT2D eigenvalue weighted by Gasteiger charge is 2.30. The number of nitrogens with zero attached hydrogens (tertiary/aromatic N) is 4. The Labute approximate surface area is 205 Å². The van der Waals surface area contributed by atoms with Crippen molar-refractivity contribution in [1.82, 2.24) is 24.2 Å². The largest absolute Gasteiger partial charge is 0.416 e. The van der Waals surface area contributed by atoms with Crippen LogP contribution in [0.2, 0.25) is 0 Å². The highest BCUT2D eigenvalue weighted by molar-refractivity contribution is 7.04. The Kier molecular flexibility index (Phi) is 5.67. The van der Waals surface area contributed by atoms with E-state index in [0.29, 0.717) is 22.4 Å². The van der Waals surface area contributed by atoms with Crippen LogP contribution in [0.5, 0.6) is 0 Å². The van der Waals surface area contributed by atoms with E-state index in [1.165, 1.54) is 22.9 Å². The molecular formula is C24H17F3N6O2S. The van der Waals surface area contributed by atoms with Gasteiger partial charge in [-0.15, -0.1) is 0 Å². The van der Waals surface area contributed by atoms with Gasteiger partial charge in [0.25, 0.3) is 11.5 Å². The van der Waals surface area contributed by atoms with Crippen LogP contribution in [0, 0.1) is 0 Å². The number of halogens is 3. The van der Waals surface area contributed by atoms with E-state index in [2.05, 4.69) is 19.7 Å². The number of nitrogen functional groups attached to an aromatic ring is 1. The first kappa shape index (κ1) is 23.4. The molecule has 36 heavy (non-hydrogen) atoms. The van der Waals surface area contributed by atoms with Crippen molar-refractivity contribution in [2.45, 2.75) is 19.1 Å². The summed E-state index contributed by atoms with van der Waals surface area (Å²) in [6.45, 7) is 1.76. The van der Waals surface area contributed by atoms with E-state index >= 15 is 0 Å². The number of rotatable bonds is 4. The molecule has 0 bridgehead atoms. The number of anilines is 1. The minimum absolute atomic E-state index is 0.167. The van der Waals surface area contributed by atoms with Crippen molar-refractivity contribution < 1.29 is 18.0 Å². The number of amides is 1. The first-order valence-electron chi connectivity index (χ1n) is 10.6. The molecule has 0 spiro atoms. The molecule has 1 aromatic carbocycles. The zero-order valence-electron chi connectivity index (χ0n) is 18.6. The van der Waals surface area contributed by atoms with Crippen molar-refractivity contribution in [3.8, 4) is 5.69 Å². The van der Waals surface area contributed by atoms with Gasteiger partial charge < -0.3 is 11.1 Å². The third-order valence-electron chi connectivity index (χ3n) is 5.64. The lowest BCUT2D eigenvalue weighted by Crippen LogP contribution is -2.27. The predicted molar refractivity (Wildman–Crippen MR) is 130 cm³/mol. The molecule has 3 N–H and O–H groups in total. The zero-order chi connectivity index (χ0) is 25.6.